The zero-order chi connectivity index (χ0) is 13.5. The normalized spacial score (nSPS) is 10.2. The lowest BCUT2D eigenvalue weighted by atomic mass is 10.2. The van der Waals surface area contributed by atoms with Crippen LogP contribution in [0.25, 0.3) is 0 Å². The number of nitrogen functional groups attached to an aromatic ring is 1. The summed E-state index contributed by atoms with van der Waals surface area (Å²) in [5.74, 6) is -0.100. The van der Waals surface area contributed by atoms with Crippen LogP contribution in [0.15, 0.2) is 12.3 Å². The minimum Gasteiger partial charge on any atom is -0.465 e. The Kier molecular flexibility index (Phi) is 5.34. The Morgan fingerprint density at radius 1 is 1.44 bits per heavy atom. The van der Waals surface area contributed by atoms with E-state index in [0.29, 0.717) is 18.9 Å². The highest BCUT2D eigenvalue weighted by Gasteiger charge is 2.14. The third-order valence-electron chi connectivity index (χ3n) is 2.39. The van der Waals surface area contributed by atoms with Crippen molar-refractivity contribution in [2.45, 2.75) is 0 Å². The van der Waals surface area contributed by atoms with Gasteiger partial charge in [-0.15, -0.1) is 0 Å². The average Bonchev–Trinajstić information content (AvgIpc) is 2.38. The Balaban J connectivity index is 3.04. The topological polar surface area (TPSA) is 109 Å². The Morgan fingerprint density at radius 2 is 2.06 bits per heavy atom. The molecule has 0 aromatic carbocycles. The number of methoxy groups -OCH3 is 1. The Bertz CT molecular complexity index is 405. The maximum Gasteiger partial charge on any atom is 0.340 e. The van der Waals surface area contributed by atoms with Gasteiger partial charge in [0.2, 0.25) is 0 Å². The molecule has 7 nitrogen and oxygen atoms in total. The van der Waals surface area contributed by atoms with Gasteiger partial charge in [0.1, 0.15) is 5.82 Å². The quantitative estimate of drug-likeness (QED) is 0.573. The van der Waals surface area contributed by atoms with Gasteiger partial charge in [-0.05, 0) is 6.07 Å². The first-order chi connectivity index (χ1) is 8.63. The SMILES string of the molecule is COC(=O)c1cc(N(CCO)CCO)ncc1N. The molecule has 1 heterocycles. The first-order valence-corrected chi connectivity index (χ1v) is 5.44. The number of nitrogens with two attached hydrogens (primary N) is 1. The van der Waals surface area contributed by atoms with Crippen molar-refractivity contribution in [3.63, 3.8) is 0 Å². The van der Waals surface area contributed by atoms with Crippen LogP contribution in [0.5, 0.6) is 0 Å². The predicted octanol–water partition coefficient (Wildman–Crippen LogP) is -0.759. The third kappa shape index (κ3) is 3.31. The molecule has 0 aliphatic carbocycles. The molecule has 0 amide bonds. The van der Waals surface area contributed by atoms with E-state index in [1.165, 1.54) is 19.4 Å². The van der Waals surface area contributed by atoms with E-state index in [4.69, 9.17) is 15.9 Å². The number of anilines is 2. The van der Waals surface area contributed by atoms with Gasteiger partial charge in [0.15, 0.2) is 0 Å². The van der Waals surface area contributed by atoms with Crippen molar-refractivity contribution in [1.29, 1.82) is 0 Å². The zero-order valence-corrected chi connectivity index (χ0v) is 10.2. The number of carbonyl (C=O) groups excluding carboxylic acids is 1. The molecule has 0 aliphatic rings. The van der Waals surface area contributed by atoms with Crippen LogP contribution >= 0.6 is 0 Å². The minimum absolute atomic E-state index is 0.0837. The van der Waals surface area contributed by atoms with Gasteiger partial charge >= 0.3 is 5.97 Å². The van der Waals surface area contributed by atoms with E-state index in [1.54, 1.807) is 4.90 Å². The summed E-state index contributed by atoms with van der Waals surface area (Å²) in [6.07, 6.45) is 1.35. The molecule has 1 aromatic rings. The lowest BCUT2D eigenvalue weighted by Gasteiger charge is -2.22. The van der Waals surface area contributed by atoms with Crippen molar-refractivity contribution in [2.24, 2.45) is 0 Å². The second-order valence-electron chi connectivity index (χ2n) is 3.56. The fourth-order valence-electron chi connectivity index (χ4n) is 1.50. The standard InChI is InChI=1S/C11H17N3O4/c1-18-11(17)8-6-10(13-7-9(8)12)14(2-4-15)3-5-16/h6-7,15-16H,2-5,12H2,1H3. The molecule has 0 saturated carbocycles. The number of carbonyl (C=O) groups is 1. The molecule has 0 radical (unpaired) electrons. The number of pyridine rings is 1. The number of esters is 1. The van der Waals surface area contributed by atoms with Crippen LogP contribution < -0.4 is 10.6 Å². The molecular weight excluding hydrogens is 238 g/mol. The lowest BCUT2D eigenvalue weighted by molar-refractivity contribution is 0.0602. The Morgan fingerprint density at radius 3 is 2.56 bits per heavy atom. The van der Waals surface area contributed by atoms with E-state index < -0.39 is 5.97 Å². The first kappa shape index (κ1) is 14.2. The van der Waals surface area contributed by atoms with Crippen LogP contribution in [0.4, 0.5) is 11.5 Å². The number of rotatable bonds is 6. The number of ether oxygens (including phenoxy) is 1. The third-order valence-corrected chi connectivity index (χ3v) is 2.39. The van der Waals surface area contributed by atoms with Crippen molar-refractivity contribution in [1.82, 2.24) is 4.98 Å². The van der Waals surface area contributed by atoms with Crippen LogP contribution in [0.2, 0.25) is 0 Å². The lowest BCUT2D eigenvalue weighted by Crippen LogP contribution is -2.30. The monoisotopic (exact) mass is 255 g/mol. The fourth-order valence-corrected chi connectivity index (χ4v) is 1.50. The van der Waals surface area contributed by atoms with Crippen molar-refractivity contribution < 1.29 is 19.7 Å². The molecule has 18 heavy (non-hydrogen) atoms. The molecule has 0 bridgehead atoms. The summed E-state index contributed by atoms with van der Waals surface area (Å²) in [5.41, 5.74) is 6.07. The van der Waals surface area contributed by atoms with E-state index in [1.807, 2.05) is 0 Å². The summed E-state index contributed by atoms with van der Waals surface area (Å²) < 4.78 is 4.61. The number of aliphatic hydroxyl groups excluding tert-OH is 2. The van der Waals surface area contributed by atoms with Crippen LogP contribution in [-0.2, 0) is 4.74 Å². The van der Waals surface area contributed by atoms with Gasteiger partial charge in [0, 0.05) is 13.1 Å². The average molecular weight is 255 g/mol. The van der Waals surface area contributed by atoms with E-state index in [2.05, 4.69) is 9.72 Å². The van der Waals surface area contributed by atoms with Gasteiger partial charge in [0.25, 0.3) is 0 Å². The molecule has 0 aliphatic heterocycles. The van der Waals surface area contributed by atoms with Gasteiger partial charge < -0.3 is 25.6 Å². The van der Waals surface area contributed by atoms with Crippen LogP contribution in [-0.4, -0.2) is 54.6 Å². The van der Waals surface area contributed by atoms with Crippen LogP contribution in [0.3, 0.4) is 0 Å². The van der Waals surface area contributed by atoms with Gasteiger partial charge in [-0.1, -0.05) is 0 Å². The Labute approximate surface area is 105 Å². The second-order valence-corrected chi connectivity index (χ2v) is 3.56. The highest BCUT2D eigenvalue weighted by atomic mass is 16.5. The molecule has 1 aromatic heterocycles. The molecule has 0 fully saturated rings. The van der Waals surface area contributed by atoms with Crippen molar-refractivity contribution in [3.8, 4) is 0 Å². The fraction of sp³-hybridized carbons (Fsp3) is 0.455. The molecule has 1 rings (SSSR count). The van der Waals surface area contributed by atoms with Gasteiger partial charge in [-0.25, -0.2) is 9.78 Å². The smallest absolute Gasteiger partial charge is 0.340 e. The molecule has 0 saturated heterocycles. The van der Waals surface area contributed by atoms with Crippen molar-refractivity contribution in [3.05, 3.63) is 17.8 Å². The number of nitrogens with zero attached hydrogens (tertiary/aromatic N) is 2. The molecule has 7 heteroatoms. The summed E-state index contributed by atoms with van der Waals surface area (Å²) in [7, 11) is 1.26. The summed E-state index contributed by atoms with van der Waals surface area (Å²) in [6, 6.07) is 1.48. The van der Waals surface area contributed by atoms with Gasteiger partial charge in [-0.3, -0.25) is 0 Å². The van der Waals surface area contributed by atoms with E-state index in [9.17, 15) is 4.79 Å². The summed E-state index contributed by atoms with van der Waals surface area (Å²) in [4.78, 5) is 17.2. The van der Waals surface area contributed by atoms with Crippen molar-refractivity contribution >= 4 is 17.5 Å². The Hall–Kier alpha value is -1.86. The van der Waals surface area contributed by atoms with Crippen LogP contribution in [0, 0.1) is 0 Å². The molecule has 100 valence electrons. The highest BCUT2D eigenvalue weighted by Crippen LogP contribution is 2.18. The number of hydrogen-bond donors (Lipinski definition) is 3. The summed E-state index contributed by atoms with van der Waals surface area (Å²) in [6.45, 7) is 0.440. The molecule has 0 unspecified atom stereocenters. The molecule has 0 atom stereocenters. The molecule has 0 spiro atoms. The maximum absolute atomic E-state index is 11.5. The summed E-state index contributed by atoms with van der Waals surface area (Å²) >= 11 is 0. The zero-order valence-electron chi connectivity index (χ0n) is 10.2. The van der Waals surface area contributed by atoms with E-state index >= 15 is 0 Å². The van der Waals surface area contributed by atoms with E-state index in [0.717, 1.165) is 0 Å². The predicted molar refractivity (Wildman–Crippen MR) is 66.4 cm³/mol. The van der Waals surface area contributed by atoms with Crippen molar-refractivity contribution in [2.75, 3.05) is 44.0 Å². The number of aliphatic hydroxyl groups is 2. The van der Waals surface area contributed by atoms with Gasteiger partial charge in [-0.2, -0.15) is 0 Å². The minimum atomic E-state index is -0.552. The van der Waals surface area contributed by atoms with Gasteiger partial charge in [0.05, 0.1) is 37.8 Å². The number of aromatic nitrogens is 1. The second kappa shape index (κ2) is 6.77. The van der Waals surface area contributed by atoms with Crippen LogP contribution in [0.1, 0.15) is 10.4 Å². The highest BCUT2D eigenvalue weighted by molar-refractivity contribution is 5.95. The largest absolute Gasteiger partial charge is 0.465 e. The maximum atomic E-state index is 11.5. The van der Waals surface area contributed by atoms with E-state index in [-0.39, 0.29) is 24.5 Å². The summed E-state index contributed by atoms with van der Waals surface area (Å²) in [5, 5.41) is 17.9. The molecular formula is C11H17N3O4. The first-order valence-electron chi connectivity index (χ1n) is 5.44. The number of hydrogen-bond acceptors (Lipinski definition) is 7. The molecule has 4 N–H and O–H groups in total.